The van der Waals surface area contributed by atoms with Gasteiger partial charge in [0, 0.05) is 28.2 Å². The molecule has 1 atom stereocenters. The van der Waals surface area contributed by atoms with Crippen LogP contribution in [-0.4, -0.2) is 6.61 Å². The number of hydrogen-bond acceptors (Lipinski definition) is 3. The fraction of sp³-hybridized carbons (Fsp3) is 0.222. The molecular weight excluding hydrogens is 280 g/mol. The predicted molar refractivity (Wildman–Crippen MR) is 84.2 cm³/mol. The second-order valence-corrected chi connectivity index (χ2v) is 6.08. The SMILES string of the molecule is [c]1ccc(-c2ccco2)c(C2CCCO2)c1-c1cccs1. The summed E-state index contributed by atoms with van der Waals surface area (Å²) >= 11 is 1.74. The van der Waals surface area contributed by atoms with Crippen LogP contribution in [0.4, 0.5) is 0 Å². The predicted octanol–water partition coefficient (Wildman–Crippen LogP) is 5.33. The molecule has 1 aromatic carbocycles. The molecule has 2 aromatic heterocycles. The van der Waals surface area contributed by atoms with Gasteiger partial charge in [0.05, 0.1) is 12.4 Å². The normalized spacial score (nSPS) is 18.2. The Morgan fingerprint density at radius 3 is 2.90 bits per heavy atom. The number of hydrogen-bond donors (Lipinski definition) is 0. The van der Waals surface area contributed by atoms with E-state index in [4.69, 9.17) is 9.15 Å². The van der Waals surface area contributed by atoms with Crippen molar-refractivity contribution < 1.29 is 9.15 Å². The van der Waals surface area contributed by atoms with Crippen LogP contribution < -0.4 is 0 Å². The van der Waals surface area contributed by atoms with Gasteiger partial charge in [-0.25, -0.2) is 0 Å². The van der Waals surface area contributed by atoms with E-state index in [2.05, 4.69) is 29.6 Å². The largest absolute Gasteiger partial charge is 0.464 e. The summed E-state index contributed by atoms with van der Waals surface area (Å²) in [6, 6.07) is 15.6. The van der Waals surface area contributed by atoms with Gasteiger partial charge in [-0.3, -0.25) is 0 Å². The summed E-state index contributed by atoms with van der Waals surface area (Å²) in [5.41, 5.74) is 3.48. The Kier molecular flexibility index (Phi) is 3.37. The first-order chi connectivity index (χ1) is 10.4. The zero-order chi connectivity index (χ0) is 14.1. The maximum Gasteiger partial charge on any atom is 0.134 e. The van der Waals surface area contributed by atoms with Crippen LogP contribution in [-0.2, 0) is 4.74 Å². The third kappa shape index (κ3) is 2.33. The Hall–Kier alpha value is -1.84. The summed E-state index contributed by atoms with van der Waals surface area (Å²) in [7, 11) is 0. The highest BCUT2D eigenvalue weighted by atomic mass is 32.1. The van der Waals surface area contributed by atoms with E-state index in [9.17, 15) is 0 Å². The summed E-state index contributed by atoms with van der Waals surface area (Å²) < 4.78 is 11.6. The average molecular weight is 295 g/mol. The minimum atomic E-state index is 0.139. The Bertz CT molecular complexity index is 655. The van der Waals surface area contributed by atoms with Gasteiger partial charge in [0.2, 0.25) is 0 Å². The van der Waals surface area contributed by atoms with Crippen LogP contribution in [0, 0.1) is 6.07 Å². The standard InChI is InChI=1S/C18H15O2S/c1-5-13(15-7-2-10-19-15)18(16-8-3-11-20-16)14(6-1)17-9-4-12-21-17/h1-2,4-5,7,9-10,12,16H,3,8,11H2. The summed E-state index contributed by atoms with van der Waals surface area (Å²) in [6.07, 6.45) is 4.03. The van der Waals surface area contributed by atoms with Crippen molar-refractivity contribution in [1.82, 2.24) is 0 Å². The smallest absolute Gasteiger partial charge is 0.134 e. The van der Waals surface area contributed by atoms with Crippen molar-refractivity contribution in [2.24, 2.45) is 0 Å². The van der Waals surface area contributed by atoms with E-state index in [1.807, 2.05) is 18.2 Å². The molecule has 0 bridgehead atoms. The van der Waals surface area contributed by atoms with Gasteiger partial charge in [-0.05, 0) is 42.5 Å². The Morgan fingerprint density at radius 2 is 2.19 bits per heavy atom. The maximum atomic E-state index is 5.96. The van der Waals surface area contributed by atoms with Crippen LogP contribution in [0.1, 0.15) is 24.5 Å². The van der Waals surface area contributed by atoms with E-state index < -0.39 is 0 Å². The molecule has 1 aliphatic heterocycles. The van der Waals surface area contributed by atoms with E-state index in [1.54, 1.807) is 17.6 Å². The molecule has 1 radical (unpaired) electrons. The van der Waals surface area contributed by atoms with Crippen LogP contribution in [0.5, 0.6) is 0 Å². The molecule has 1 unspecified atom stereocenters. The molecule has 105 valence electrons. The molecule has 0 N–H and O–H groups in total. The molecule has 1 fully saturated rings. The van der Waals surface area contributed by atoms with Gasteiger partial charge >= 0.3 is 0 Å². The quantitative estimate of drug-likeness (QED) is 0.652. The molecule has 2 nitrogen and oxygen atoms in total. The summed E-state index contributed by atoms with van der Waals surface area (Å²) in [5.74, 6) is 0.896. The first-order valence-corrected chi connectivity index (χ1v) is 8.05. The number of thiophene rings is 1. The van der Waals surface area contributed by atoms with Crippen LogP contribution in [0.2, 0.25) is 0 Å². The van der Waals surface area contributed by atoms with E-state index in [-0.39, 0.29) is 6.10 Å². The van der Waals surface area contributed by atoms with E-state index >= 15 is 0 Å². The number of ether oxygens (including phenoxy) is 1. The summed E-state index contributed by atoms with van der Waals surface area (Å²) in [5, 5.41) is 2.10. The lowest BCUT2D eigenvalue weighted by Gasteiger charge is -2.18. The number of rotatable bonds is 3. The third-order valence-corrected chi connectivity index (χ3v) is 4.73. The zero-order valence-corrected chi connectivity index (χ0v) is 12.4. The number of benzene rings is 1. The molecule has 3 heterocycles. The highest BCUT2D eigenvalue weighted by Gasteiger charge is 2.25. The molecule has 21 heavy (non-hydrogen) atoms. The van der Waals surface area contributed by atoms with Gasteiger partial charge < -0.3 is 9.15 Å². The first kappa shape index (κ1) is 12.9. The molecule has 0 amide bonds. The molecule has 1 saturated heterocycles. The maximum absolute atomic E-state index is 5.96. The van der Waals surface area contributed by atoms with Crippen molar-refractivity contribution in [1.29, 1.82) is 0 Å². The van der Waals surface area contributed by atoms with Crippen LogP contribution >= 0.6 is 11.3 Å². The van der Waals surface area contributed by atoms with Gasteiger partial charge in [-0.15, -0.1) is 11.3 Å². The molecule has 0 saturated carbocycles. The van der Waals surface area contributed by atoms with Gasteiger partial charge in [-0.2, -0.15) is 0 Å². The van der Waals surface area contributed by atoms with Gasteiger partial charge in [0.15, 0.2) is 0 Å². The number of furan rings is 1. The van der Waals surface area contributed by atoms with Gasteiger partial charge in [0.1, 0.15) is 5.76 Å². The second-order valence-electron chi connectivity index (χ2n) is 5.14. The molecule has 0 aliphatic carbocycles. The fourth-order valence-electron chi connectivity index (χ4n) is 2.92. The molecule has 0 spiro atoms. The lowest BCUT2D eigenvalue weighted by molar-refractivity contribution is 0.112. The van der Waals surface area contributed by atoms with Crippen LogP contribution in [0.15, 0.2) is 52.5 Å². The van der Waals surface area contributed by atoms with Crippen molar-refractivity contribution in [3.63, 3.8) is 0 Å². The van der Waals surface area contributed by atoms with Gasteiger partial charge in [0.25, 0.3) is 0 Å². The van der Waals surface area contributed by atoms with E-state index in [0.717, 1.165) is 36.3 Å². The lowest BCUT2D eigenvalue weighted by Crippen LogP contribution is -2.01. The van der Waals surface area contributed by atoms with Crippen molar-refractivity contribution >= 4 is 11.3 Å². The van der Waals surface area contributed by atoms with Crippen molar-refractivity contribution in [2.75, 3.05) is 6.61 Å². The van der Waals surface area contributed by atoms with E-state index in [1.165, 1.54) is 10.4 Å². The van der Waals surface area contributed by atoms with Crippen LogP contribution in [0.3, 0.4) is 0 Å². The van der Waals surface area contributed by atoms with Crippen LogP contribution in [0.25, 0.3) is 21.8 Å². The molecule has 1 aliphatic rings. The Morgan fingerprint density at radius 1 is 1.19 bits per heavy atom. The first-order valence-electron chi connectivity index (χ1n) is 7.17. The molecule has 3 heteroatoms. The van der Waals surface area contributed by atoms with Crippen molar-refractivity contribution in [2.45, 2.75) is 18.9 Å². The topological polar surface area (TPSA) is 22.4 Å². The zero-order valence-electron chi connectivity index (χ0n) is 11.5. The molecule has 4 rings (SSSR count). The monoisotopic (exact) mass is 295 g/mol. The second kappa shape index (κ2) is 5.51. The Balaban J connectivity index is 1.93. The fourth-order valence-corrected chi connectivity index (χ4v) is 3.67. The van der Waals surface area contributed by atoms with Crippen molar-refractivity contribution in [3.05, 3.63) is 59.7 Å². The summed E-state index contributed by atoms with van der Waals surface area (Å²) in [6.45, 7) is 0.834. The van der Waals surface area contributed by atoms with Gasteiger partial charge in [-0.1, -0.05) is 18.2 Å². The third-order valence-electron chi connectivity index (χ3n) is 3.84. The lowest BCUT2D eigenvalue weighted by atomic mass is 9.92. The molecular formula is C18H15O2S. The molecule has 3 aromatic rings. The minimum absolute atomic E-state index is 0.139. The summed E-state index contributed by atoms with van der Waals surface area (Å²) in [4.78, 5) is 1.23. The Labute approximate surface area is 128 Å². The minimum Gasteiger partial charge on any atom is -0.464 e. The highest BCUT2D eigenvalue weighted by molar-refractivity contribution is 7.13. The van der Waals surface area contributed by atoms with E-state index in [0.29, 0.717) is 0 Å². The average Bonchev–Trinajstić information content (AvgIpc) is 3.28. The highest BCUT2D eigenvalue weighted by Crippen LogP contribution is 2.42. The van der Waals surface area contributed by atoms with Crippen molar-refractivity contribution in [3.8, 4) is 21.8 Å².